The number of hydrogen-bond acceptors (Lipinski definition) is 4. The van der Waals surface area contributed by atoms with E-state index in [4.69, 9.17) is 14.2 Å². The van der Waals surface area contributed by atoms with E-state index in [2.05, 4.69) is 0 Å². The summed E-state index contributed by atoms with van der Waals surface area (Å²) in [5.74, 6) is 0. The molecule has 0 aromatic heterocycles. The zero-order valence-electron chi connectivity index (χ0n) is 11.7. The minimum Gasteiger partial charge on any atom is -0.444 e. The van der Waals surface area contributed by atoms with Crippen LogP contribution in [-0.4, -0.2) is 49.7 Å². The van der Waals surface area contributed by atoms with Gasteiger partial charge in [-0.2, -0.15) is 0 Å². The number of carbonyl (C=O) groups is 1. The van der Waals surface area contributed by atoms with Crippen LogP contribution in [-0.2, 0) is 14.2 Å². The molecule has 0 saturated carbocycles. The van der Waals surface area contributed by atoms with Gasteiger partial charge in [0.15, 0.2) is 0 Å². The van der Waals surface area contributed by atoms with E-state index in [1.54, 1.807) is 12.0 Å². The molecular formula is C13H23NO4. The maximum atomic E-state index is 12.2. The molecule has 1 amide bonds. The standard InChI is InChI=1S/C13H23NO4/c1-12(2,3)18-11(15)14-8-13(5-6-17-9-13)7-10(14)16-4/h10H,5-9H2,1-4H3. The molecule has 18 heavy (non-hydrogen) atoms. The molecule has 0 aromatic carbocycles. The minimum absolute atomic E-state index is 0.0670. The van der Waals surface area contributed by atoms with Crippen molar-refractivity contribution in [2.24, 2.45) is 5.41 Å². The molecule has 2 aliphatic heterocycles. The quantitative estimate of drug-likeness (QED) is 0.721. The Balaban J connectivity index is 2.05. The van der Waals surface area contributed by atoms with Crippen LogP contribution in [0.1, 0.15) is 33.6 Å². The molecule has 104 valence electrons. The van der Waals surface area contributed by atoms with Crippen LogP contribution >= 0.6 is 0 Å². The third-order valence-electron chi connectivity index (χ3n) is 3.55. The van der Waals surface area contributed by atoms with Crippen molar-refractivity contribution in [3.05, 3.63) is 0 Å². The van der Waals surface area contributed by atoms with Crippen molar-refractivity contribution in [2.75, 3.05) is 26.9 Å². The second-order valence-corrected chi connectivity index (χ2v) is 6.31. The lowest BCUT2D eigenvalue weighted by atomic mass is 9.86. The van der Waals surface area contributed by atoms with Gasteiger partial charge in [-0.3, -0.25) is 4.90 Å². The number of methoxy groups -OCH3 is 1. The van der Waals surface area contributed by atoms with Gasteiger partial charge in [0.1, 0.15) is 11.8 Å². The first-order valence-electron chi connectivity index (χ1n) is 6.45. The molecule has 5 heteroatoms. The predicted molar refractivity (Wildman–Crippen MR) is 66.2 cm³/mol. The predicted octanol–water partition coefficient (Wildman–Crippen LogP) is 2.01. The Hall–Kier alpha value is -0.810. The first-order valence-corrected chi connectivity index (χ1v) is 6.45. The summed E-state index contributed by atoms with van der Waals surface area (Å²) in [7, 11) is 1.64. The molecule has 2 saturated heterocycles. The van der Waals surface area contributed by atoms with Gasteiger partial charge < -0.3 is 14.2 Å². The van der Waals surface area contributed by atoms with Crippen LogP contribution in [0.5, 0.6) is 0 Å². The Morgan fingerprint density at radius 2 is 2.17 bits per heavy atom. The van der Waals surface area contributed by atoms with Gasteiger partial charge in [0.05, 0.1) is 6.61 Å². The fourth-order valence-electron chi connectivity index (χ4n) is 2.66. The van der Waals surface area contributed by atoms with E-state index >= 15 is 0 Å². The largest absolute Gasteiger partial charge is 0.444 e. The molecule has 5 nitrogen and oxygen atoms in total. The second kappa shape index (κ2) is 4.70. The van der Waals surface area contributed by atoms with Gasteiger partial charge in [-0.05, 0) is 27.2 Å². The summed E-state index contributed by atoms with van der Waals surface area (Å²) >= 11 is 0. The van der Waals surface area contributed by atoms with E-state index in [0.29, 0.717) is 13.2 Å². The van der Waals surface area contributed by atoms with Crippen LogP contribution in [0.4, 0.5) is 4.79 Å². The number of rotatable bonds is 1. The monoisotopic (exact) mass is 257 g/mol. The third-order valence-corrected chi connectivity index (χ3v) is 3.55. The average Bonchev–Trinajstić information content (AvgIpc) is 2.84. The van der Waals surface area contributed by atoms with E-state index in [1.165, 1.54) is 0 Å². The zero-order valence-corrected chi connectivity index (χ0v) is 11.7. The van der Waals surface area contributed by atoms with Gasteiger partial charge in [-0.15, -0.1) is 0 Å². The number of nitrogens with zero attached hydrogens (tertiary/aromatic N) is 1. The molecule has 0 bridgehead atoms. The second-order valence-electron chi connectivity index (χ2n) is 6.31. The third kappa shape index (κ3) is 2.78. The fourth-order valence-corrected chi connectivity index (χ4v) is 2.66. The molecular weight excluding hydrogens is 234 g/mol. The molecule has 2 unspecified atom stereocenters. The Labute approximate surface area is 108 Å². The van der Waals surface area contributed by atoms with Crippen molar-refractivity contribution in [1.82, 2.24) is 4.90 Å². The van der Waals surface area contributed by atoms with E-state index in [0.717, 1.165) is 19.4 Å². The number of hydrogen-bond donors (Lipinski definition) is 0. The Morgan fingerprint density at radius 1 is 1.44 bits per heavy atom. The first kappa shape index (κ1) is 13.6. The van der Waals surface area contributed by atoms with Crippen molar-refractivity contribution in [2.45, 2.75) is 45.4 Å². The van der Waals surface area contributed by atoms with E-state index in [-0.39, 0.29) is 17.7 Å². The highest BCUT2D eigenvalue weighted by Crippen LogP contribution is 2.42. The van der Waals surface area contributed by atoms with Gasteiger partial charge in [0.2, 0.25) is 0 Å². The fraction of sp³-hybridized carbons (Fsp3) is 0.923. The molecule has 2 heterocycles. The summed E-state index contributed by atoms with van der Waals surface area (Å²) in [6, 6.07) is 0. The first-order chi connectivity index (χ1) is 8.35. The van der Waals surface area contributed by atoms with Crippen molar-refractivity contribution in [3.8, 4) is 0 Å². The van der Waals surface area contributed by atoms with Gasteiger partial charge in [-0.25, -0.2) is 4.79 Å². The number of likely N-dealkylation sites (tertiary alicyclic amines) is 1. The van der Waals surface area contributed by atoms with E-state index < -0.39 is 5.60 Å². The lowest BCUT2D eigenvalue weighted by Gasteiger charge is -2.28. The maximum Gasteiger partial charge on any atom is 0.412 e. The van der Waals surface area contributed by atoms with Crippen molar-refractivity contribution in [3.63, 3.8) is 0 Å². The van der Waals surface area contributed by atoms with Crippen LogP contribution < -0.4 is 0 Å². The Bertz CT molecular complexity index is 317. The molecule has 0 aromatic rings. The van der Waals surface area contributed by atoms with Gasteiger partial charge in [0.25, 0.3) is 0 Å². The molecule has 2 aliphatic rings. The molecule has 0 N–H and O–H groups in total. The smallest absolute Gasteiger partial charge is 0.412 e. The number of ether oxygens (including phenoxy) is 3. The lowest BCUT2D eigenvalue weighted by molar-refractivity contribution is -0.0306. The Kier molecular flexibility index (Phi) is 3.56. The number of carbonyl (C=O) groups excluding carboxylic acids is 1. The molecule has 2 fully saturated rings. The van der Waals surface area contributed by atoms with Crippen LogP contribution in [0.15, 0.2) is 0 Å². The maximum absolute atomic E-state index is 12.2. The summed E-state index contributed by atoms with van der Waals surface area (Å²) in [5, 5.41) is 0. The minimum atomic E-state index is -0.475. The summed E-state index contributed by atoms with van der Waals surface area (Å²) < 4.78 is 16.3. The highest BCUT2D eigenvalue weighted by atomic mass is 16.6. The molecule has 0 aliphatic carbocycles. The van der Waals surface area contributed by atoms with Gasteiger partial charge in [-0.1, -0.05) is 0 Å². The molecule has 2 rings (SSSR count). The highest BCUT2D eigenvalue weighted by molar-refractivity contribution is 5.69. The SMILES string of the molecule is COC1CC2(CCOC2)CN1C(=O)OC(C)(C)C. The summed E-state index contributed by atoms with van der Waals surface area (Å²) in [6.45, 7) is 7.77. The Morgan fingerprint density at radius 3 is 2.67 bits per heavy atom. The number of amides is 1. The normalized spacial score (nSPS) is 32.2. The molecule has 0 radical (unpaired) electrons. The van der Waals surface area contributed by atoms with E-state index in [1.807, 2.05) is 20.8 Å². The highest BCUT2D eigenvalue weighted by Gasteiger charge is 2.49. The average molecular weight is 257 g/mol. The molecule has 2 atom stereocenters. The molecule has 1 spiro atoms. The summed E-state index contributed by atoms with van der Waals surface area (Å²) in [6.07, 6.45) is 1.34. The van der Waals surface area contributed by atoms with Gasteiger partial charge >= 0.3 is 6.09 Å². The van der Waals surface area contributed by atoms with Crippen LogP contribution in [0.3, 0.4) is 0 Å². The van der Waals surface area contributed by atoms with Gasteiger partial charge in [0, 0.05) is 32.1 Å². The van der Waals surface area contributed by atoms with Crippen molar-refractivity contribution < 1.29 is 19.0 Å². The van der Waals surface area contributed by atoms with Crippen LogP contribution in [0, 0.1) is 5.41 Å². The topological polar surface area (TPSA) is 48.0 Å². The van der Waals surface area contributed by atoms with Crippen LogP contribution in [0.25, 0.3) is 0 Å². The lowest BCUT2D eigenvalue weighted by Crippen LogP contribution is -2.41. The van der Waals surface area contributed by atoms with E-state index in [9.17, 15) is 4.79 Å². The van der Waals surface area contributed by atoms with Crippen molar-refractivity contribution in [1.29, 1.82) is 0 Å². The van der Waals surface area contributed by atoms with Crippen molar-refractivity contribution >= 4 is 6.09 Å². The summed E-state index contributed by atoms with van der Waals surface area (Å²) in [5.41, 5.74) is -0.408. The van der Waals surface area contributed by atoms with Crippen LogP contribution in [0.2, 0.25) is 0 Å². The summed E-state index contributed by atoms with van der Waals surface area (Å²) in [4.78, 5) is 13.8. The zero-order chi connectivity index (χ0) is 13.4.